The Bertz CT molecular complexity index is 4450. The maximum absolute atomic E-state index is 14.0. The number of alkyl halides is 18. The first-order valence-electron chi connectivity index (χ1n) is 39.9. The average molecular weight is 1790 g/mol. The smallest absolute Gasteiger partial charge is 0.366 e. The van der Waals surface area contributed by atoms with Crippen molar-refractivity contribution in [3.63, 3.8) is 0 Å². The lowest BCUT2D eigenvalue weighted by Gasteiger charge is -2.42. The van der Waals surface area contributed by atoms with Crippen molar-refractivity contribution < 1.29 is 79.0 Å². The molecular weight excluding hydrogens is 1680 g/mol. The highest BCUT2D eigenvalue weighted by Gasteiger charge is 2.42. The molecule has 0 unspecified atom stereocenters. The maximum atomic E-state index is 14.0. The van der Waals surface area contributed by atoms with Crippen LogP contribution < -0.4 is 35.1 Å². The van der Waals surface area contributed by atoms with Crippen molar-refractivity contribution in [2.45, 2.75) is 180 Å². The second-order valence-corrected chi connectivity index (χ2v) is 37.4. The van der Waals surface area contributed by atoms with Crippen LogP contribution in [0.25, 0.3) is 11.1 Å². The SMILES string of the molecule is CC(C)(C)P(c1ccccc1-c1ccccc1)C(C)(C)C.CCN(CC1CCCC1)c1ncc(C(F)(F)F)cc1CN(Cc1cc(C(F)(F)F)cc(C(F)(F)F)c1)c1ncc(Br)cn1.CCN(CC1CCCC1)c1ncc(C(F)(F)F)cc1CN(Cc1cc(C(F)(F)F)cc(C(F)(F)F)c1)c1ncc(N2CCN(C)CC2)cn1.CN1CCNCC1. The van der Waals surface area contributed by atoms with Crippen LogP contribution in [0, 0.1) is 11.8 Å². The number of anilines is 5. The van der Waals surface area contributed by atoms with Crippen LogP contribution in [0.5, 0.6) is 0 Å². The van der Waals surface area contributed by atoms with Crippen molar-refractivity contribution in [3.8, 4) is 11.1 Å². The Kier molecular flexibility index (Phi) is 32.6. The Morgan fingerprint density at radius 2 is 0.767 bits per heavy atom. The van der Waals surface area contributed by atoms with Gasteiger partial charge in [0.05, 0.1) is 55.9 Å². The number of aromatic nitrogens is 6. The van der Waals surface area contributed by atoms with Crippen LogP contribution in [-0.2, 0) is 63.2 Å². The Balaban J connectivity index is 0.000000208. The van der Waals surface area contributed by atoms with Crippen LogP contribution in [0.2, 0.25) is 0 Å². The molecule has 4 fully saturated rings. The molecule has 6 heterocycles. The van der Waals surface area contributed by atoms with Crippen molar-refractivity contribution in [2.24, 2.45) is 11.8 Å². The number of rotatable bonds is 21. The summed E-state index contributed by atoms with van der Waals surface area (Å²) >= 11 is 3.17. The van der Waals surface area contributed by atoms with Crippen molar-refractivity contribution in [3.05, 3.63) is 200 Å². The molecule has 0 bridgehead atoms. The minimum atomic E-state index is -5.08. The summed E-state index contributed by atoms with van der Waals surface area (Å²) in [4.78, 5) is 38.2. The number of benzene rings is 4. The van der Waals surface area contributed by atoms with Crippen LogP contribution >= 0.6 is 23.9 Å². The zero-order valence-corrected chi connectivity index (χ0v) is 71.3. The molecule has 34 heteroatoms. The maximum Gasteiger partial charge on any atom is 0.417 e. The van der Waals surface area contributed by atoms with Gasteiger partial charge in [-0.25, -0.2) is 29.9 Å². The van der Waals surface area contributed by atoms with Crippen molar-refractivity contribution in [1.82, 2.24) is 45.0 Å². The summed E-state index contributed by atoms with van der Waals surface area (Å²) in [6.07, 6.45) is -14.7. The zero-order chi connectivity index (χ0) is 87.9. The molecule has 2 saturated heterocycles. The molecule has 4 aromatic carbocycles. The molecule has 2 aliphatic heterocycles. The van der Waals surface area contributed by atoms with Crippen molar-refractivity contribution in [1.29, 1.82) is 0 Å². The summed E-state index contributed by atoms with van der Waals surface area (Å²) in [5.74, 6) is 0.923. The van der Waals surface area contributed by atoms with Crippen LogP contribution in [0.3, 0.4) is 0 Å². The van der Waals surface area contributed by atoms with E-state index in [1.165, 1.54) is 64.1 Å². The molecule has 8 aromatic rings. The third-order valence-electron chi connectivity index (χ3n) is 21.2. The first-order chi connectivity index (χ1) is 56.2. The standard InChI is InChI=1S/C33H38F9N7.C28H27BrF9N5.C20H27P.C5H12N2/c1-3-47(19-22-6-4-5-7-22)29-24(14-27(16-43-29)33(40,41)42)21-49(30-44-17-28(18-45-30)48-10-8-46(2)9-11-48)20-23-12-25(31(34,35)36)15-26(13-23)32(37,38)39;1-2-42(14-17-5-3-4-6-17)24-19(9-22(11-39-24)28(36,37)38)16-43(25-40-12-23(29)13-41-25)15-18-7-20(26(30,31)32)10-21(8-18)27(33,34)35;1-19(2,3)21(20(4,5)6)18-15-11-10-14-17(18)16-12-8-7-9-13-16;1-7-4-2-6-3-5-7/h12-18,22H,3-11,19-21H2,1-2H3;7-13,17H,2-6,14-16H2,1H3;7-15H,1-6H3;6H,2-5H2,1H3. The fourth-order valence-electron chi connectivity index (χ4n) is 15.5. The van der Waals surface area contributed by atoms with Gasteiger partial charge in [-0.1, -0.05) is 130 Å². The number of nitrogens with one attached hydrogen (secondary N) is 1. The molecule has 1 N–H and O–H groups in total. The number of hydrogen-bond acceptors (Lipinski definition) is 14. The lowest BCUT2D eigenvalue weighted by atomic mass is 10.0. The summed E-state index contributed by atoms with van der Waals surface area (Å²) in [5.41, 5.74) is -5.30. The molecule has 656 valence electrons. The Morgan fingerprint density at radius 1 is 0.408 bits per heavy atom. The monoisotopic (exact) mass is 1780 g/mol. The van der Waals surface area contributed by atoms with Gasteiger partial charge in [0.2, 0.25) is 11.9 Å². The van der Waals surface area contributed by atoms with E-state index in [1.54, 1.807) is 0 Å². The van der Waals surface area contributed by atoms with Gasteiger partial charge >= 0.3 is 37.1 Å². The van der Waals surface area contributed by atoms with Gasteiger partial charge < -0.3 is 39.6 Å². The number of piperazine rings is 2. The predicted octanol–water partition coefficient (Wildman–Crippen LogP) is 22.4. The van der Waals surface area contributed by atoms with E-state index in [1.807, 2.05) is 35.6 Å². The Labute approximate surface area is 699 Å². The molecule has 2 aliphatic carbocycles. The summed E-state index contributed by atoms with van der Waals surface area (Å²) < 4.78 is 248. The van der Waals surface area contributed by atoms with Gasteiger partial charge in [0.25, 0.3) is 0 Å². The van der Waals surface area contributed by atoms with E-state index in [0.29, 0.717) is 95.8 Å². The van der Waals surface area contributed by atoms with Crippen LogP contribution in [0.4, 0.5) is 108 Å². The number of likely N-dealkylation sites (N-methyl/N-ethyl adjacent to an activating group) is 2. The van der Waals surface area contributed by atoms with Gasteiger partial charge in [0, 0.05) is 141 Å². The van der Waals surface area contributed by atoms with Gasteiger partial charge in [-0.2, -0.15) is 79.0 Å². The van der Waals surface area contributed by atoms with Crippen LogP contribution in [0.1, 0.15) is 162 Å². The molecule has 12 rings (SSSR count). The van der Waals surface area contributed by atoms with E-state index in [-0.39, 0.29) is 78.9 Å². The quantitative estimate of drug-likeness (QED) is 0.0544. The second-order valence-electron chi connectivity index (χ2n) is 32.7. The number of hydrogen-bond donors (Lipinski definition) is 1. The number of halogens is 19. The molecule has 0 spiro atoms. The molecule has 0 radical (unpaired) electrons. The minimum Gasteiger partial charge on any atom is -0.366 e. The van der Waals surface area contributed by atoms with Gasteiger partial charge in [-0.05, 0) is 168 Å². The van der Waals surface area contributed by atoms with E-state index in [4.69, 9.17) is 0 Å². The lowest BCUT2D eigenvalue weighted by molar-refractivity contribution is -0.144. The largest absolute Gasteiger partial charge is 0.417 e. The molecule has 4 aromatic heterocycles. The predicted molar refractivity (Wildman–Crippen MR) is 441 cm³/mol. The Hall–Kier alpha value is -8.13. The molecule has 2 saturated carbocycles. The molecule has 14 nitrogen and oxygen atoms in total. The van der Waals surface area contributed by atoms with Crippen LogP contribution in [-0.4, -0.2) is 143 Å². The summed E-state index contributed by atoms with van der Waals surface area (Å²) in [6, 6.07) is 24.0. The third kappa shape index (κ3) is 27.7. The third-order valence-corrected chi connectivity index (χ3v) is 25.1. The second kappa shape index (κ2) is 40.9. The minimum absolute atomic E-state index is 0.0148. The lowest BCUT2D eigenvalue weighted by Crippen LogP contribution is -2.44. The van der Waals surface area contributed by atoms with Crippen molar-refractivity contribution >= 4 is 58.4 Å². The number of pyridine rings is 2. The normalized spacial score (nSPS) is 15.8. The van der Waals surface area contributed by atoms with E-state index in [0.717, 1.165) is 102 Å². The van der Waals surface area contributed by atoms with Crippen LogP contribution in [0.15, 0.2) is 145 Å². The van der Waals surface area contributed by atoms with E-state index in [9.17, 15) is 79.0 Å². The van der Waals surface area contributed by atoms with Gasteiger partial charge in [-0.15, -0.1) is 0 Å². The summed E-state index contributed by atoms with van der Waals surface area (Å²) in [5, 5.41) is 5.38. The molecule has 120 heavy (non-hydrogen) atoms. The topological polar surface area (TPSA) is 112 Å². The first kappa shape index (κ1) is 95.7. The molecule has 4 aliphatic rings. The molecule has 0 amide bonds. The molecular formula is C86H104BrF18N14P. The van der Waals surface area contributed by atoms with E-state index in [2.05, 4.69) is 164 Å². The number of nitrogens with zero attached hydrogens (tertiary/aromatic N) is 13. The van der Waals surface area contributed by atoms with E-state index >= 15 is 0 Å². The van der Waals surface area contributed by atoms with E-state index < -0.39 is 83.5 Å². The highest BCUT2D eigenvalue weighted by Crippen LogP contribution is 2.59. The highest BCUT2D eigenvalue weighted by atomic mass is 79.9. The zero-order valence-electron chi connectivity index (χ0n) is 68.8. The highest BCUT2D eigenvalue weighted by molar-refractivity contribution is 9.10. The summed E-state index contributed by atoms with van der Waals surface area (Å²) in [6.45, 7) is 25.7. The van der Waals surface area contributed by atoms with Crippen molar-refractivity contribution in [2.75, 3.05) is 117 Å². The van der Waals surface area contributed by atoms with Gasteiger partial charge in [0.15, 0.2) is 0 Å². The first-order valence-corrected chi connectivity index (χ1v) is 42.1. The summed E-state index contributed by atoms with van der Waals surface area (Å²) in [7, 11) is 3.85. The van der Waals surface area contributed by atoms with Gasteiger partial charge in [-0.3, -0.25) is 0 Å². The fourth-order valence-corrected chi connectivity index (χ4v) is 19.9. The van der Waals surface area contributed by atoms with Gasteiger partial charge in [0.1, 0.15) is 11.6 Å². The molecule has 0 atom stereocenters. The Morgan fingerprint density at radius 3 is 1.12 bits per heavy atom. The fraction of sp³-hybridized carbons (Fsp3) is 0.512. The average Bonchev–Trinajstić information content (AvgIpc) is 0.836.